The highest BCUT2D eigenvalue weighted by molar-refractivity contribution is 5.82. The lowest BCUT2D eigenvalue weighted by Crippen LogP contribution is -2.44. The first-order chi connectivity index (χ1) is 12.2. The van der Waals surface area contributed by atoms with Gasteiger partial charge in [0.2, 0.25) is 5.91 Å². The van der Waals surface area contributed by atoms with Crippen LogP contribution in [0.5, 0.6) is 0 Å². The van der Waals surface area contributed by atoms with E-state index < -0.39 is 0 Å². The summed E-state index contributed by atoms with van der Waals surface area (Å²) in [6.07, 6.45) is 8.72. The van der Waals surface area contributed by atoms with E-state index in [2.05, 4.69) is 35.1 Å². The molecule has 0 saturated heterocycles. The number of amides is 1. The number of nitrogens with zero attached hydrogens (tertiary/aromatic N) is 5. The maximum absolute atomic E-state index is 11.1. The zero-order valence-corrected chi connectivity index (χ0v) is 13.9. The van der Waals surface area contributed by atoms with E-state index >= 15 is 0 Å². The third-order valence-corrected chi connectivity index (χ3v) is 4.46. The summed E-state index contributed by atoms with van der Waals surface area (Å²) in [5, 5.41) is 6.25. The van der Waals surface area contributed by atoms with E-state index in [0.29, 0.717) is 18.4 Å². The standard InChI is InChI=1S/C17H19N7O/c1-11(25)23-13-5-14(6-13)24-10-22-15-16(20-9-21-17(15)24)19-8-12-3-2-4-18-7-12/h2-4,7,9-10,13-14H,5-6,8H2,1H3,(H,23,25)(H,19,20,21). The van der Waals surface area contributed by atoms with E-state index in [1.807, 2.05) is 24.7 Å². The van der Waals surface area contributed by atoms with Gasteiger partial charge in [-0.1, -0.05) is 6.07 Å². The third kappa shape index (κ3) is 3.15. The summed E-state index contributed by atoms with van der Waals surface area (Å²) < 4.78 is 2.07. The number of pyridine rings is 1. The second-order valence-electron chi connectivity index (χ2n) is 6.28. The van der Waals surface area contributed by atoms with Gasteiger partial charge in [0.15, 0.2) is 11.5 Å². The van der Waals surface area contributed by atoms with Crippen molar-refractivity contribution < 1.29 is 4.79 Å². The van der Waals surface area contributed by atoms with Gasteiger partial charge in [-0.3, -0.25) is 9.78 Å². The van der Waals surface area contributed by atoms with Crippen molar-refractivity contribution in [3.8, 4) is 0 Å². The van der Waals surface area contributed by atoms with Gasteiger partial charge in [-0.2, -0.15) is 0 Å². The maximum atomic E-state index is 11.1. The van der Waals surface area contributed by atoms with Gasteiger partial charge in [0, 0.05) is 37.9 Å². The number of nitrogens with one attached hydrogen (secondary N) is 2. The molecule has 1 fully saturated rings. The minimum atomic E-state index is 0.0168. The number of aromatic nitrogens is 5. The Balaban J connectivity index is 1.50. The Labute approximate surface area is 144 Å². The highest BCUT2D eigenvalue weighted by atomic mass is 16.1. The normalized spacial score (nSPS) is 19.4. The minimum Gasteiger partial charge on any atom is -0.364 e. The second-order valence-corrected chi connectivity index (χ2v) is 6.28. The predicted molar refractivity (Wildman–Crippen MR) is 92.8 cm³/mol. The molecular formula is C17H19N7O. The Morgan fingerprint density at radius 2 is 2.20 bits per heavy atom. The summed E-state index contributed by atoms with van der Waals surface area (Å²) in [4.78, 5) is 28.4. The SMILES string of the molecule is CC(=O)NC1CC(n2cnc3c(NCc4cccnc4)ncnc32)C1. The van der Waals surface area contributed by atoms with Gasteiger partial charge in [0.25, 0.3) is 0 Å². The monoisotopic (exact) mass is 337 g/mol. The zero-order valence-electron chi connectivity index (χ0n) is 13.9. The Morgan fingerprint density at radius 1 is 1.32 bits per heavy atom. The van der Waals surface area contributed by atoms with Crippen LogP contribution in [-0.4, -0.2) is 36.5 Å². The van der Waals surface area contributed by atoms with E-state index in [1.54, 1.807) is 19.4 Å². The van der Waals surface area contributed by atoms with Crippen LogP contribution in [0.1, 0.15) is 31.4 Å². The molecule has 1 saturated carbocycles. The molecule has 25 heavy (non-hydrogen) atoms. The quantitative estimate of drug-likeness (QED) is 0.735. The average molecular weight is 337 g/mol. The molecule has 8 heteroatoms. The smallest absolute Gasteiger partial charge is 0.217 e. The fourth-order valence-corrected chi connectivity index (χ4v) is 3.16. The Morgan fingerprint density at radius 3 is 2.96 bits per heavy atom. The number of anilines is 1. The molecule has 4 rings (SSSR count). The van der Waals surface area contributed by atoms with E-state index in [0.717, 1.165) is 29.6 Å². The van der Waals surface area contributed by atoms with Crippen molar-refractivity contribution in [3.63, 3.8) is 0 Å². The molecule has 3 aromatic rings. The summed E-state index contributed by atoms with van der Waals surface area (Å²) in [6, 6.07) is 4.46. The summed E-state index contributed by atoms with van der Waals surface area (Å²) >= 11 is 0. The number of carbonyl (C=O) groups excluding carboxylic acids is 1. The van der Waals surface area contributed by atoms with E-state index in [1.165, 1.54) is 0 Å². The first-order valence-corrected chi connectivity index (χ1v) is 8.28. The third-order valence-electron chi connectivity index (χ3n) is 4.46. The van der Waals surface area contributed by atoms with Crippen molar-refractivity contribution in [2.45, 2.75) is 38.4 Å². The van der Waals surface area contributed by atoms with Crippen molar-refractivity contribution in [2.24, 2.45) is 0 Å². The van der Waals surface area contributed by atoms with Crippen molar-refractivity contribution in [1.82, 2.24) is 29.8 Å². The first kappa shape index (κ1) is 15.5. The molecule has 128 valence electrons. The number of hydrogen-bond donors (Lipinski definition) is 2. The van der Waals surface area contributed by atoms with E-state index in [9.17, 15) is 4.79 Å². The van der Waals surface area contributed by atoms with Crippen LogP contribution in [0.4, 0.5) is 5.82 Å². The lowest BCUT2D eigenvalue weighted by atomic mass is 9.86. The van der Waals surface area contributed by atoms with Gasteiger partial charge in [0.05, 0.1) is 6.33 Å². The van der Waals surface area contributed by atoms with Crippen LogP contribution in [0, 0.1) is 0 Å². The Kier molecular flexibility index (Phi) is 4.01. The Bertz CT molecular complexity index is 886. The lowest BCUT2D eigenvalue weighted by molar-refractivity contribution is -0.120. The van der Waals surface area contributed by atoms with Gasteiger partial charge in [-0.15, -0.1) is 0 Å². The summed E-state index contributed by atoms with van der Waals surface area (Å²) in [6.45, 7) is 2.17. The molecule has 0 aromatic carbocycles. The van der Waals surface area contributed by atoms with Crippen molar-refractivity contribution in [1.29, 1.82) is 0 Å². The van der Waals surface area contributed by atoms with Crippen molar-refractivity contribution >= 4 is 22.9 Å². The molecule has 0 radical (unpaired) electrons. The molecule has 0 bridgehead atoms. The molecule has 0 atom stereocenters. The molecule has 0 aliphatic heterocycles. The maximum Gasteiger partial charge on any atom is 0.217 e. The number of rotatable bonds is 5. The molecular weight excluding hydrogens is 318 g/mol. The van der Waals surface area contributed by atoms with Gasteiger partial charge in [-0.05, 0) is 24.5 Å². The zero-order chi connectivity index (χ0) is 17.2. The number of carbonyl (C=O) groups is 1. The lowest BCUT2D eigenvalue weighted by Gasteiger charge is -2.36. The number of fused-ring (bicyclic) bond motifs is 1. The van der Waals surface area contributed by atoms with E-state index in [4.69, 9.17) is 0 Å². The van der Waals surface area contributed by atoms with Crippen LogP contribution in [-0.2, 0) is 11.3 Å². The molecule has 1 aliphatic carbocycles. The van der Waals surface area contributed by atoms with Gasteiger partial charge >= 0.3 is 0 Å². The average Bonchev–Trinajstić information content (AvgIpc) is 3.01. The van der Waals surface area contributed by atoms with Crippen LogP contribution >= 0.6 is 0 Å². The van der Waals surface area contributed by atoms with Gasteiger partial charge in [-0.25, -0.2) is 15.0 Å². The topological polar surface area (TPSA) is 97.6 Å². The van der Waals surface area contributed by atoms with Crippen molar-refractivity contribution in [2.75, 3.05) is 5.32 Å². The summed E-state index contributed by atoms with van der Waals surface area (Å²) in [5.41, 5.74) is 2.65. The number of hydrogen-bond acceptors (Lipinski definition) is 6. The highest BCUT2D eigenvalue weighted by Gasteiger charge is 2.32. The van der Waals surface area contributed by atoms with Gasteiger partial charge < -0.3 is 15.2 Å². The van der Waals surface area contributed by atoms with Crippen LogP contribution in [0.15, 0.2) is 37.2 Å². The highest BCUT2D eigenvalue weighted by Crippen LogP contribution is 2.34. The minimum absolute atomic E-state index is 0.0168. The molecule has 2 N–H and O–H groups in total. The van der Waals surface area contributed by atoms with Gasteiger partial charge in [0.1, 0.15) is 11.8 Å². The fraction of sp³-hybridized carbons (Fsp3) is 0.353. The first-order valence-electron chi connectivity index (χ1n) is 8.28. The van der Waals surface area contributed by atoms with Crippen LogP contribution in [0.3, 0.4) is 0 Å². The molecule has 3 heterocycles. The largest absolute Gasteiger partial charge is 0.364 e. The molecule has 1 aliphatic rings. The molecule has 0 unspecified atom stereocenters. The van der Waals surface area contributed by atoms with Crippen LogP contribution < -0.4 is 10.6 Å². The van der Waals surface area contributed by atoms with E-state index in [-0.39, 0.29) is 11.9 Å². The Hall–Kier alpha value is -3.03. The van der Waals surface area contributed by atoms with Crippen molar-refractivity contribution in [3.05, 3.63) is 42.7 Å². The summed E-state index contributed by atoms with van der Waals surface area (Å²) in [5.74, 6) is 0.730. The fourth-order valence-electron chi connectivity index (χ4n) is 3.16. The molecule has 1 amide bonds. The van der Waals surface area contributed by atoms with Crippen LogP contribution in [0.2, 0.25) is 0 Å². The number of imidazole rings is 1. The summed E-state index contributed by atoms with van der Waals surface area (Å²) in [7, 11) is 0. The molecule has 8 nitrogen and oxygen atoms in total. The molecule has 0 spiro atoms. The second kappa shape index (κ2) is 6.46. The molecule has 3 aromatic heterocycles. The van der Waals surface area contributed by atoms with Crippen LogP contribution in [0.25, 0.3) is 11.2 Å². The predicted octanol–water partition coefficient (Wildman–Crippen LogP) is 1.67.